The van der Waals surface area contributed by atoms with Crippen LogP contribution in [0.25, 0.3) is 0 Å². The van der Waals surface area contributed by atoms with Gasteiger partial charge in [-0.3, -0.25) is 9.59 Å². The van der Waals surface area contributed by atoms with E-state index >= 15 is 0 Å². The Kier molecular flexibility index (Phi) is 4.97. The van der Waals surface area contributed by atoms with Gasteiger partial charge in [-0.1, -0.05) is 27.2 Å². The highest BCUT2D eigenvalue weighted by molar-refractivity contribution is 5.90. The Morgan fingerprint density at radius 2 is 2.00 bits per heavy atom. The van der Waals surface area contributed by atoms with Crippen LogP contribution in [0.4, 0.5) is 0 Å². The van der Waals surface area contributed by atoms with E-state index in [1.807, 2.05) is 11.8 Å². The Morgan fingerprint density at radius 3 is 2.53 bits per heavy atom. The van der Waals surface area contributed by atoms with Crippen LogP contribution in [0.15, 0.2) is 0 Å². The predicted molar refractivity (Wildman–Crippen MR) is 67.5 cm³/mol. The normalized spacial score (nSPS) is 25.2. The number of hydrogen-bond donors (Lipinski definition) is 1. The van der Waals surface area contributed by atoms with Gasteiger partial charge in [0.1, 0.15) is 6.04 Å². The third-order valence-electron chi connectivity index (χ3n) is 3.86. The molecular weight excluding hydrogens is 216 g/mol. The maximum absolute atomic E-state index is 12.3. The largest absolute Gasteiger partial charge is 0.344 e. The van der Waals surface area contributed by atoms with E-state index in [0.717, 1.165) is 6.42 Å². The molecule has 4 heteroatoms. The fourth-order valence-electron chi connectivity index (χ4n) is 2.19. The number of amides is 2. The first-order valence-electron chi connectivity index (χ1n) is 6.61. The van der Waals surface area contributed by atoms with Crippen LogP contribution in [-0.4, -0.2) is 35.3 Å². The summed E-state index contributed by atoms with van der Waals surface area (Å²) in [4.78, 5) is 25.7. The second-order valence-electron chi connectivity index (χ2n) is 4.94. The Bertz CT molecular complexity index is 291. The molecule has 0 spiro atoms. The molecule has 1 fully saturated rings. The summed E-state index contributed by atoms with van der Waals surface area (Å²) < 4.78 is 0. The molecule has 17 heavy (non-hydrogen) atoms. The monoisotopic (exact) mass is 240 g/mol. The number of carbonyl (C=O) groups is 2. The van der Waals surface area contributed by atoms with Gasteiger partial charge in [0, 0.05) is 19.0 Å². The molecule has 4 nitrogen and oxygen atoms in total. The Labute approximate surface area is 104 Å². The van der Waals surface area contributed by atoms with Gasteiger partial charge in [-0.15, -0.1) is 0 Å². The third kappa shape index (κ3) is 3.20. The minimum Gasteiger partial charge on any atom is -0.344 e. The number of nitrogens with zero attached hydrogens (tertiary/aromatic N) is 1. The molecule has 98 valence electrons. The second-order valence-corrected chi connectivity index (χ2v) is 4.94. The zero-order chi connectivity index (χ0) is 13.0. The lowest BCUT2D eigenvalue weighted by molar-refractivity contribution is -0.136. The number of hydrogen-bond acceptors (Lipinski definition) is 2. The first kappa shape index (κ1) is 14.0. The molecular formula is C13H24N2O2. The van der Waals surface area contributed by atoms with Crippen molar-refractivity contribution in [2.75, 3.05) is 6.54 Å². The van der Waals surface area contributed by atoms with E-state index < -0.39 is 0 Å². The average molecular weight is 240 g/mol. The standard InChI is InChI=1S/C13H24N2O2/c1-5-9(3)10(4)15-8-7-12(16)14-11(6-2)13(15)17/h9-11H,5-8H2,1-4H3,(H,14,16). The van der Waals surface area contributed by atoms with Crippen LogP contribution in [-0.2, 0) is 9.59 Å². The lowest BCUT2D eigenvalue weighted by atomic mass is 9.98. The van der Waals surface area contributed by atoms with E-state index in [2.05, 4.69) is 26.1 Å². The minimum atomic E-state index is -0.337. The maximum Gasteiger partial charge on any atom is 0.245 e. The van der Waals surface area contributed by atoms with Crippen LogP contribution in [0, 0.1) is 5.92 Å². The molecule has 1 N–H and O–H groups in total. The lowest BCUT2D eigenvalue weighted by Crippen LogP contribution is -2.49. The topological polar surface area (TPSA) is 49.4 Å². The van der Waals surface area contributed by atoms with Gasteiger partial charge in [0.2, 0.25) is 11.8 Å². The molecule has 3 unspecified atom stereocenters. The van der Waals surface area contributed by atoms with Crippen molar-refractivity contribution in [2.45, 2.75) is 59.0 Å². The lowest BCUT2D eigenvalue weighted by Gasteiger charge is -2.33. The molecule has 1 aliphatic heterocycles. The summed E-state index contributed by atoms with van der Waals surface area (Å²) in [7, 11) is 0. The molecule has 0 aromatic rings. The highest BCUT2D eigenvalue weighted by Gasteiger charge is 2.32. The van der Waals surface area contributed by atoms with E-state index in [9.17, 15) is 9.59 Å². The molecule has 1 rings (SSSR count). The molecule has 0 bridgehead atoms. The second kappa shape index (κ2) is 6.03. The summed E-state index contributed by atoms with van der Waals surface area (Å²) in [5.41, 5.74) is 0. The molecule has 0 radical (unpaired) electrons. The SMILES string of the molecule is CCC1NC(=O)CCN(C(C)C(C)CC)C1=O. The Balaban J connectivity index is 2.82. The first-order chi connectivity index (χ1) is 8.01. The molecule has 1 aliphatic rings. The zero-order valence-electron chi connectivity index (χ0n) is 11.3. The van der Waals surface area contributed by atoms with Gasteiger partial charge in [-0.05, 0) is 19.3 Å². The summed E-state index contributed by atoms with van der Waals surface area (Å²) in [6.45, 7) is 8.84. The zero-order valence-corrected chi connectivity index (χ0v) is 11.3. The van der Waals surface area contributed by atoms with Crippen molar-refractivity contribution < 1.29 is 9.59 Å². The van der Waals surface area contributed by atoms with Gasteiger partial charge < -0.3 is 10.2 Å². The van der Waals surface area contributed by atoms with Crippen LogP contribution in [0.5, 0.6) is 0 Å². The van der Waals surface area contributed by atoms with Crippen molar-refractivity contribution >= 4 is 11.8 Å². The van der Waals surface area contributed by atoms with Crippen LogP contribution in [0.1, 0.15) is 47.0 Å². The fraction of sp³-hybridized carbons (Fsp3) is 0.846. The molecule has 3 atom stereocenters. The molecule has 0 aliphatic carbocycles. The van der Waals surface area contributed by atoms with Gasteiger partial charge >= 0.3 is 0 Å². The first-order valence-corrected chi connectivity index (χ1v) is 6.61. The molecule has 0 aromatic heterocycles. The van der Waals surface area contributed by atoms with Crippen LogP contribution in [0.2, 0.25) is 0 Å². The van der Waals surface area contributed by atoms with Gasteiger partial charge in [0.25, 0.3) is 0 Å². The van der Waals surface area contributed by atoms with Crippen molar-refractivity contribution in [3.8, 4) is 0 Å². The maximum atomic E-state index is 12.3. The van der Waals surface area contributed by atoms with E-state index in [0.29, 0.717) is 25.3 Å². The van der Waals surface area contributed by atoms with Gasteiger partial charge in [-0.25, -0.2) is 0 Å². The van der Waals surface area contributed by atoms with E-state index in [4.69, 9.17) is 0 Å². The van der Waals surface area contributed by atoms with Crippen LogP contribution in [0.3, 0.4) is 0 Å². The Morgan fingerprint density at radius 1 is 1.35 bits per heavy atom. The third-order valence-corrected chi connectivity index (χ3v) is 3.86. The number of rotatable bonds is 4. The van der Waals surface area contributed by atoms with Crippen molar-refractivity contribution in [3.05, 3.63) is 0 Å². The average Bonchev–Trinajstić information content (AvgIpc) is 2.47. The van der Waals surface area contributed by atoms with Crippen molar-refractivity contribution in [3.63, 3.8) is 0 Å². The highest BCUT2D eigenvalue weighted by atomic mass is 16.2. The molecule has 1 saturated heterocycles. The van der Waals surface area contributed by atoms with Gasteiger partial charge in [-0.2, -0.15) is 0 Å². The molecule has 0 aromatic carbocycles. The predicted octanol–water partition coefficient (Wildman–Crippen LogP) is 1.55. The van der Waals surface area contributed by atoms with Gasteiger partial charge in [0.05, 0.1) is 0 Å². The van der Waals surface area contributed by atoms with Crippen molar-refractivity contribution in [1.82, 2.24) is 10.2 Å². The Hall–Kier alpha value is -1.06. The summed E-state index contributed by atoms with van der Waals surface area (Å²) in [6.07, 6.45) is 2.13. The van der Waals surface area contributed by atoms with Crippen LogP contribution < -0.4 is 5.32 Å². The van der Waals surface area contributed by atoms with Crippen molar-refractivity contribution in [1.29, 1.82) is 0 Å². The van der Waals surface area contributed by atoms with E-state index in [-0.39, 0.29) is 23.9 Å². The summed E-state index contributed by atoms with van der Waals surface area (Å²) in [5, 5.41) is 2.79. The minimum absolute atomic E-state index is 0.0101. The van der Waals surface area contributed by atoms with Crippen molar-refractivity contribution in [2.24, 2.45) is 5.92 Å². The van der Waals surface area contributed by atoms with Crippen LogP contribution >= 0.6 is 0 Å². The smallest absolute Gasteiger partial charge is 0.245 e. The molecule has 0 saturated carbocycles. The fourth-order valence-corrected chi connectivity index (χ4v) is 2.19. The van der Waals surface area contributed by atoms with E-state index in [1.54, 1.807) is 0 Å². The highest BCUT2D eigenvalue weighted by Crippen LogP contribution is 2.18. The van der Waals surface area contributed by atoms with Gasteiger partial charge in [0.15, 0.2) is 0 Å². The summed E-state index contributed by atoms with van der Waals surface area (Å²) in [5.74, 6) is 0.528. The summed E-state index contributed by atoms with van der Waals surface area (Å²) >= 11 is 0. The summed E-state index contributed by atoms with van der Waals surface area (Å²) in [6, 6.07) is -0.134. The number of carbonyl (C=O) groups excluding carboxylic acids is 2. The number of nitrogens with one attached hydrogen (secondary N) is 1. The molecule has 2 amide bonds. The quantitative estimate of drug-likeness (QED) is 0.810. The van der Waals surface area contributed by atoms with E-state index in [1.165, 1.54) is 0 Å². The molecule has 1 heterocycles.